The first-order valence-corrected chi connectivity index (χ1v) is 6.72. The van der Waals surface area contributed by atoms with Crippen molar-refractivity contribution in [1.29, 1.82) is 0 Å². The third-order valence-corrected chi connectivity index (χ3v) is 3.86. The van der Waals surface area contributed by atoms with Gasteiger partial charge in [-0.2, -0.15) is 8.42 Å². The van der Waals surface area contributed by atoms with E-state index in [-0.39, 0.29) is 15.7 Å². The van der Waals surface area contributed by atoms with Crippen LogP contribution in [0.25, 0.3) is 0 Å². The molecule has 0 spiro atoms. The molecule has 0 heterocycles. The molecule has 0 atom stereocenters. The zero-order valence-electron chi connectivity index (χ0n) is 9.01. The minimum Gasteiger partial charge on any atom is -0.379 e. The van der Waals surface area contributed by atoms with Crippen LogP contribution in [0.4, 0.5) is 4.39 Å². The van der Waals surface area contributed by atoms with Crippen molar-refractivity contribution < 1.29 is 17.0 Å². The molecule has 0 bridgehead atoms. The Hall–Kier alpha value is -1.59. The van der Waals surface area contributed by atoms with Crippen molar-refractivity contribution in [2.45, 2.75) is 4.90 Å². The van der Waals surface area contributed by atoms with Gasteiger partial charge in [-0.1, -0.05) is 29.8 Å². The van der Waals surface area contributed by atoms with Crippen molar-refractivity contribution >= 4 is 21.7 Å². The van der Waals surface area contributed by atoms with Crippen LogP contribution < -0.4 is 4.18 Å². The Morgan fingerprint density at radius 3 is 2.44 bits per heavy atom. The summed E-state index contributed by atoms with van der Waals surface area (Å²) in [5, 5.41) is 0.0499. The van der Waals surface area contributed by atoms with E-state index in [1.807, 2.05) is 0 Å². The Bertz CT molecular complexity index is 671. The van der Waals surface area contributed by atoms with Crippen LogP contribution in [0.2, 0.25) is 5.02 Å². The van der Waals surface area contributed by atoms with Gasteiger partial charge in [-0.15, -0.1) is 0 Å². The first-order valence-electron chi connectivity index (χ1n) is 4.93. The lowest BCUT2D eigenvalue weighted by atomic mass is 10.3. The van der Waals surface area contributed by atoms with Gasteiger partial charge in [0.25, 0.3) is 0 Å². The fourth-order valence-corrected chi connectivity index (χ4v) is 2.76. The van der Waals surface area contributed by atoms with Crippen LogP contribution in [0.5, 0.6) is 5.75 Å². The van der Waals surface area contributed by atoms with E-state index in [9.17, 15) is 12.8 Å². The maximum absolute atomic E-state index is 12.9. The van der Waals surface area contributed by atoms with Crippen molar-refractivity contribution in [2.24, 2.45) is 0 Å². The third kappa shape index (κ3) is 2.80. The predicted octanol–water partition coefficient (Wildman–Crippen LogP) is 3.25. The fraction of sp³-hybridized carbons (Fsp3) is 0. The molecule has 3 nitrogen and oxygen atoms in total. The van der Waals surface area contributed by atoms with Crippen molar-refractivity contribution in [1.82, 2.24) is 0 Å². The molecule has 0 unspecified atom stereocenters. The molecule has 18 heavy (non-hydrogen) atoms. The van der Waals surface area contributed by atoms with Crippen LogP contribution >= 0.6 is 11.6 Å². The molecular formula is C12H8ClFO3S. The van der Waals surface area contributed by atoms with Crippen LogP contribution in [-0.2, 0) is 10.1 Å². The van der Waals surface area contributed by atoms with E-state index in [1.54, 1.807) is 6.07 Å². The molecule has 0 saturated heterocycles. The molecule has 0 aliphatic rings. The van der Waals surface area contributed by atoms with Gasteiger partial charge in [-0.25, -0.2) is 4.39 Å². The number of rotatable bonds is 3. The lowest BCUT2D eigenvalue weighted by Crippen LogP contribution is -2.10. The summed E-state index contributed by atoms with van der Waals surface area (Å²) in [6.07, 6.45) is 0. The lowest BCUT2D eigenvalue weighted by molar-refractivity contribution is 0.483. The Kier molecular flexibility index (Phi) is 3.54. The van der Waals surface area contributed by atoms with Crippen LogP contribution in [0, 0.1) is 5.82 Å². The van der Waals surface area contributed by atoms with Crippen LogP contribution in [0.1, 0.15) is 0 Å². The van der Waals surface area contributed by atoms with Gasteiger partial charge in [-0.3, -0.25) is 0 Å². The summed E-state index contributed by atoms with van der Waals surface area (Å²) in [4.78, 5) is -0.157. The van der Waals surface area contributed by atoms with Gasteiger partial charge in [-0.05, 0) is 24.3 Å². The summed E-state index contributed by atoms with van der Waals surface area (Å²) in [7, 11) is -4.06. The van der Waals surface area contributed by atoms with E-state index in [4.69, 9.17) is 15.8 Å². The Balaban J connectivity index is 2.37. The van der Waals surface area contributed by atoms with Gasteiger partial charge in [0.15, 0.2) is 0 Å². The molecule has 6 heteroatoms. The molecule has 0 amide bonds. The molecule has 2 rings (SSSR count). The summed E-state index contributed by atoms with van der Waals surface area (Å²) < 4.78 is 41.5. The van der Waals surface area contributed by atoms with Crippen molar-refractivity contribution in [2.75, 3.05) is 0 Å². The van der Waals surface area contributed by atoms with Gasteiger partial charge in [0.05, 0.1) is 5.02 Å². The van der Waals surface area contributed by atoms with Crippen LogP contribution in [0.15, 0.2) is 53.4 Å². The molecule has 94 valence electrons. The largest absolute Gasteiger partial charge is 0.379 e. The molecule has 0 N–H and O–H groups in total. The van der Waals surface area contributed by atoms with Gasteiger partial charge < -0.3 is 4.18 Å². The Morgan fingerprint density at radius 2 is 1.78 bits per heavy atom. The summed E-state index contributed by atoms with van der Waals surface area (Å²) in [6.45, 7) is 0. The molecular weight excluding hydrogens is 279 g/mol. The molecule has 0 aromatic heterocycles. The number of hydrogen-bond donors (Lipinski definition) is 0. The maximum atomic E-state index is 12.9. The van der Waals surface area contributed by atoms with Gasteiger partial charge in [0.1, 0.15) is 16.5 Å². The Morgan fingerprint density at radius 1 is 1.06 bits per heavy atom. The van der Waals surface area contributed by atoms with Crippen LogP contribution in [0.3, 0.4) is 0 Å². The zero-order chi connectivity index (χ0) is 13.2. The minimum atomic E-state index is -4.06. The first kappa shape index (κ1) is 12.9. The van der Waals surface area contributed by atoms with Crippen molar-refractivity contribution in [3.63, 3.8) is 0 Å². The molecule has 0 aliphatic carbocycles. The van der Waals surface area contributed by atoms with Crippen LogP contribution in [-0.4, -0.2) is 8.42 Å². The molecule has 0 fully saturated rings. The molecule has 0 saturated carbocycles. The van der Waals surface area contributed by atoms with E-state index < -0.39 is 15.9 Å². The molecule has 0 aliphatic heterocycles. The number of halogens is 2. The van der Waals surface area contributed by atoms with E-state index in [1.165, 1.54) is 36.4 Å². The predicted molar refractivity (Wildman–Crippen MR) is 65.7 cm³/mol. The van der Waals surface area contributed by atoms with Gasteiger partial charge in [0, 0.05) is 6.07 Å². The normalized spacial score (nSPS) is 11.2. The molecule has 0 radical (unpaired) electrons. The highest BCUT2D eigenvalue weighted by Gasteiger charge is 2.19. The monoisotopic (exact) mass is 286 g/mol. The highest BCUT2D eigenvalue weighted by Crippen LogP contribution is 2.24. The minimum absolute atomic E-state index is 0.0499. The van der Waals surface area contributed by atoms with Crippen molar-refractivity contribution in [3.05, 3.63) is 59.4 Å². The quantitative estimate of drug-likeness (QED) is 0.814. The lowest BCUT2D eigenvalue weighted by Gasteiger charge is -2.08. The second-order valence-electron chi connectivity index (χ2n) is 3.43. The molecule has 2 aromatic carbocycles. The van der Waals surface area contributed by atoms with E-state index >= 15 is 0 Å². The summed E-state index contributed by atoms with van der Waals surface area (Å²) >= 11 is 5.77. The SMILES string of the molecule is O=S(=O)(Oc1cccc(F)c1)c1ccccc1Cl. The average molecular weight is 287 g/mol. The van der Waals surface area contributed by atoms with E-state index in [2.05, 4.69) is 0 Å². The zero-order valence-corrected chi connectivity index (χ0v) is 10.6. The fourth-order valence-electron chi connectivity index (χ4n) is 1.34. The number of benzene rings is 2. The Labute approximate surface area is 109 Å². The highest BCUT2D eigenvalue weighted by molar-refractivity contribution is 7.87. The summed E-state index contributed by atoms with van der Waals surface area (Å²) in [5.74, 6) is -0.684. The smallest absolute Gasteiger partial charge is 0.340 e. The van der Waals surface area contributed by atoms with Gasteiger partial charge >= 0.3 is 10.1 Å². The number of hydrogen-bond acceptors (Lipinski definition) is 3. The topological polar surface area (TPSA) is 43.4 Å². The van der Waals surface area contributed by atoms with Crippen molar-refractivity contribution in [3.8, 4) is 5.75 Å². The second-order valence-corrected chi connectivity index (χ2v) is 5.35. The first-order chi connectivity index (χ1) is 8.49. The molecule has 2 aromatic rings. The highest BCUT2D eigenvalue weighted by atomic mass is 35.5. The van der Waals surface area contributed by atoms with E-state index in [0.29, 0.717) is 0 Å². The third-order valence-electron chi connectivity index (χ3n) is 2.11. The maximum Gasteiger partial charge on any atom is 0.340 e. The average Bonchev–Trinajstić information content (AvgIpc) is 2.28. The summed E-state index contributed by atoms with van der Waals surface area (Å²) in [6, 6.07) is 10.7. The van der Waals surface area contributed by atoms with E-state index in [0.717, 1.165) is 6.07 Å². The second kappa shape index (κ2) is 4.96. The summed E-state index contributed by atoms with van der Waals surface area (Å²) in [5.41, 5.74) is 0. The standard InChI is InChI=1S/C12H8ClFO3S/c13-11-6-1-2-7-12(11)18(15,16)17-10-5-3-4-9(14)8-10/h1-8H. The van der Waals surface area contributed by atoms with Gasteiger partial charge in [0.2, 0.25) is 0 Å².